The molecule has 0 aliphatic carbocycles. The van der Waals surface area contributed by atoms with Crippen molar-refractivity contribution in [2.75, 3.05) is 6.61 Å². The van der Waals surface area contributed by atoms with Gasteiger partial charge in [-0.25, -0.2) is 14.4 Å². The van der Waals surface area contributed by atoms with E-state index < -0.39 is 24.4 Å². The van der Waals surface area contributed by atoms with Crippen LogP contribution in [-0.4, -0.2) is 43.5 Å². The molecule has 6 nitrogen and oxygen atoms in total. The van der Waals surface area contributed by atoms with Crippen LogP contribution in [0.2, 0.25) is 5.28 Å². The molecule has 1 aliphatic heterocycles. The molecular formula is C15H20ClFN4O2. The number of alkyl halides is 1. The highest BCUT2D eigenvalue weighted by Crippen LogP contribution is 2.37. The molecule has 1 fully saturated rings. The Hall–Kier alpha value is -1.31. The molecule has 1 saturated heterocycles. The number of hydrogen-bond donors (Lipinski definition) is 1. The van der Waals surface area contributed by atoms with Crippen LogP contribution in [0.1, 0.15) is 38.6 Å². The molecule has 0 spiro atoms. The summed E-state index contributed by atoms with van der Waals surface area (Å²) in [6.45, 7) is 3.59. The first-order chi connectivity index (χ1) is 11.1. The minimum Gasteiger partial charge on any atom is -0.394 e. The van der Waals surface area contributed by atoms with Crippen molar-refractivity contribution in [1.29, 1.82) is 0 Å². The number of aliphatic hydroxyl groups is 1. The summed E-state index contributed by atoms with van der Waals surface area (Å²) in [5, 5.41) is 9.42. The minimum atomic E-state index is -1.25. The van der Waals surface area contributed by atoms with Gasteiger partial charge >= 0.3 is 0 Å². The Morgan fingerprint density at radius 1 is 1.43 bits per heavy atom. The Kier molecular flexibility index (Phi) is 4.79. The lowest BCUT2D eigenvalue weighted by Crippen LogP contribution is -2.21. The quantitative estimate of drug-likeness (QED) is 0.846. The summed E-state index contributed by atoms with van der Waals surface area (Å²) in [6.07, 6.45) is 1.59. The van der Waals surface area contributed by atoms with Crippen molar-refractivity contribution in [3.05, 3.63) is 17.3 Å². The zero-order valence-electron chi connectivity index (χ0n) is 13.1. The van der Waals surface area contributed by atoms with E-state index in [-0.39, 0.29) is 11.9 Å². The Bertz CT molecular complexity index is 695. The maximum Gasteiger partial charge on any atom is 0.224 e. The SMILES string of the molecule is CCCCc1nc(Cl)nc2c1ncn2[C@@H]1O[C@H](CO)[C@@H](C)[C@@H]1F. The minimum absolute atomic E-state index is 0.116. The molecule has 2 aromatic rings. The highest BCUT2D eigenvalue weighted by atomic mass is 35.5. The number of hydrogen-bond acceptors (Lipinski definition) is 5. The molecule has 4 atom stereocenters. The number of unbranched alkanes of at least 4 members (excludes halogenated alkanes) is 1. The van der Waals surface area contributed by atoms with E-state index in [4.69, 9.17) is 16.3 Å². The van der Waals surface area contributed by atoms with Gasteiger partial charge in [0.2, 0.25) is 5.28 Å². The molecule has 2 aromatic heterocycles. The van der Waals surface area contributed by atoms with Crippen molar-refractivity contribution >= 4 is 22.8 Å². The molecule has 0 radical (unpaired) electrons. The molecule has 1 aliphatic rings. The highest BCUT2D eigenvalue weighted by Gasteiger charge is 2.43. The van der Waals surface area contributed by atoms with Crippen molar-refractivity contribution in [1.82, 2.24) is 19.5 Å². The van der Waals surface area contributed by atoms with E-state index in [0.717, 1.165) is 25.0 Å². The number of ether oxygens (including phenoxy) is 1. The normalized spacial score (nSPS) is 27.9. The summed E-state index contributed by atoms with van der Waals surface area (Å²) in [7, 11) is 0. The maximum atomic E-state index is 14.6. The molecule has 3 heterocycles. The fourth-order valence-corrected chi connectivity index (χ4v) is 3.10. The van der Waals surface area contributed by atoms with E-state index >= 15 is 0 Å². The number of aliphatic hydroxyl groups excluding tert-OH is 1. The molecule has 0 bridgehead atoms. The molecule has 0 amide bonds. The second-order valence-electron chi connectivity index (χ2n) is 5.92. The standard InChI is InChI=1S/C15H20ClFN4O2/c1-3-4-5-9-12-13(20-15(16)19-9)21(7-18-12)14-11(17)8(2)10(6-22)23-14/h7-8,10-11,14,22H,3-6H2,1-2H3/t8-,10-,11+,14-/m1/s1. The van der Waals surface area contributed by atoms with Crippen LogP contribution >= 0.6 is 11.6 Å². The van der Waals surface area contributed by atoms with Gasteiger partial charge in [-0.2, -0.15) is 4.98 Å². The van der Waals surface area contributed by atoms with Gasteiger partial charge in [-0.3, -0.25) is 4.57 Å². The van der Waals surface area contributed by atoms with Gasteiger partial charge in [0.1, 0.15) is 5.52 Å². The number of rotatable bonds is 5. The number of halogens is 2. The highest BCUT2D eigenvalue weighted by molar-refractivity contribution is 6.28. The van der Waals surface area contributed by atoms with E-state index in [1.54, 1.807) is 11.5 Å². The summed E-state index contributed by atoms with van der Waals surface area (Å²) >= 11 is 6.02. The average molecular weight is 343 g/mol. The summed E-state index contributed by atoms with van der Waals surface area (Å²) in [4.78, 5) is 12.8. The third-order valence-electron chi connectivity index (χ3n) is 4.36. The van der Waals surface area contributed by atoms with Crippen LogP contribution in [0.3, 0.4) is 0 Å². The van der Waals surface area contributed by atoms with Gasteiger partial charge in [0.05, 0.1) is 24.7 Å². The third-order valence-corrected chi connectivity index (χ3v) is 4.53. The van der Waals surface area contributed by atoms with Gasteiger partial charge in [0.15, 0.2) is 18.0 Å². The lowest BCUT2D eigenvalue weighted by molar-refractivity contribution is -0.0378. The molecule has 0 aromatic carbocycles. The molecule has 0 saturated carbocycles. The Balaban J connectivity index is 2.01. The van der Waals surface area contributed by atoms with Gasteiger partial charge in [0.25, 0.3) is 0 Å². The van der Waals surface area contributed by atoms with Crippen molar-refractivity contribution < 1.29 is 14.2 Å². The smallest absolute Gasteiger partial charge is 0.224 e. The first-order valence-corrected chi connectivity index (χ1v) is 8.24. The van der Waals surface area contributed by atoms with Crippen molar-refractivity contribution in [3.63, 3.8) is 0 Å². The van der Waals surface area contributed by atoms with Gasteiger partial charge in [-0.15, -0.1) is 0 Å². The van der Waals surface area contributed by atoms with E-state index in [2.05, 4.69) is 21.9 Å². The van der Waals surface area contributed by atoms with E-state index in [9.17, 15) is 9.50 Å². The predicted molar refractivity (Wildman–Crippen MR) is 84.0 cm³/mol. The fraction of sp³-hybridized carbons (Fsp3) is 0.667. The molecule has 3 rings (SSSR count). The zero-order valence-corrected chi connectivity index (χ0v) is 13.9. The average Bonchev–Trinajstić information content (AvgIpc) is 3.07. The monoisotopic (exact) mass is 342 g/mol. The molecule has 1 N–H and O–H groups in total. The van der Waals surface area contributed by atoms with E-state index in [1.165, 1.54) is 6.33 Å². The van der Waals surface area contributed by atoms with Gasteiger partial charge in [0, 0.05) is 5.92 Å². The summed E-state index contributed by atoms with van der Waals surface area (Å²) < 4.78 is 21.7. The Morgan fingerprint density at radius 3 is 2.87 bits per heavy atom. The van der Waals surface area contributed by atoms with Gasteiger partial charge < -0.3 is 9.84 Å². The van der Waals surface area contributed by atoms with Crippen LogP contribution in [-0.2, 0) is 11.2 Å². The number of aryl methyl sites for hydroxylation is 1. The van der Waals surface area contributed by atoms with Crippen LogP contribution in [0.15, 0.2) is 6.33 Å². The molecule has 0 unspecified atom stereocenters. The largest absolute Gasteiger partial charge is 0.394 e. The van der Waals surface area contributed by atoms with Crippen molar-refractivity contribution in [2.45, 2.75) is 51.6 Å². The Labute approximate surface area is 138 Å². The van der Waals surface area contributed by atoms with Crippen LogP contribution in [0.25, 0.3) is 11.2 Å². The number of nitrogens with zero attached hydrogens (tertiary/aromatic N) is 4. The van der Waals surface area contributed by atoms with Crippen molar-refractivity contribution in [3.8, 4) is 0 Å². The molecule has 8 heteroatoms. The first kappa shape index (κ1) is 16.5. The summed E-state index contributed by atoms with van der Waals surface area (Å²) in [6, 6.07) is 0. The number of aromatic nitrogens is 4. The van der Waals surface area contributed by atoms with Crippen LogP contribution in [0.4, 0.5) is 4.39 Å². The molecular weight excluding hydrogens is 323 g/mol. The predicted octanol–water partition coefficient (Wildman–Crippen LogP) is 2.69. The summed E-state index contributed by atoms with van der Waals surface area (Å²) in [5.41, 5.74) is 1.86. The van der Waals surface area contributed by atoms with Crippen LogP contribution < -0.4 is 0 Å². The topological polar surface area (TPSA) is 73.1 Å². The second-order valence-corrected chi connectivity index (χ2v) is 6.26. The Morgan fingerprint density at radius 2 is 2.22 bits per heavy atom. The third kappa shape index (κ3) is 2.93. The van der Waals surface area contributed by atoms with Gasteiger partial charge in [-0.05, 0) is 24.4 Å². The summed E-state index contributed by atoms with van der Waals surface area (Å²) in [5.74, 6) is -0.403. The first-order valence-electron chi connectivity index (χ1n) is 7.86. The van der Waals surface area contributed by atoms with Crippen LogP contribution in [0, 0.1) is 5.92 Å². The van der Waals surface area contributed by atoms with Crippen LogP contribution in [0.5, 0.6) is 0 Å². The fourth-order valence-electron chi connectivity index (χ4n) is 2.92. The molecule has 126 valence electrons. The zero-order chi connectivity index (χ0) is 16.6. The maximum absolute atomic E-state index is 14.6. The van der Waals surface area contributed by atoms with Gasteiger partial charge in [-0.1, -0.05) is 20.3 Å². The lowest BCUT2D eigenvalue weighted by atomic mass is 10.0. The lowest BCUT2D eigenvalue weighted by Gasteiger charge is -2.15. The molecule has 23 heavy (non-hydrogen) atoms. The van der Waals surface area contributed by atoms with Crippen molar-refractivity contribution in [2.24, 2.45) is 5.92 Å². The second kappa shape index (κ2) is 6.67. The van der Waals surface area contributed by atoms with E-state index in [0.29, 0.717) is 11.2 Å². The van der Waals surface area contributed by atoms with E-state index in [1.807, 2.05) is 0 Å². The number of imidazole rings is 1. The number of fused-ring (bicyclic) bond motifs is 1.